The first-order chi connectivity index (χ1) is 13.3. The second-order valence-corrected chi connectivity index (χ2v) is 7.95. The van der Waals surface area contributed by atoms with Crippen LogP contribution in [0.3, 0.4) is 0 Å². The second kappa shape index (κ2) is 6.72. The van der Waals surface area contributed by atoms with E-state index >= 15 is 0 Å². The van der Waals surface area contributed by atoms with Gasteiger partial charge in [0, 0.05) is 50.8 Å². The fourth-order valence-electron chi connectivity index (χ4n) is 4.42. The molecule has 0 bridgehead atoms. The molecule has 3 N–H and O–H groups in total. The SMILES string of the molecule is OCC#Cc1cccc2c1NC(c1c[nH]c3ccc(Br)cc13)C1CCOC21. The molecule has 1 saturated heterocycles. The second-order valence-electron chi connectivity index (χ2n) is 7.03. The van der Waals surface area contributed by atoms with Crippen molar-refractivity contribution >= 4 is 32.5 Å². The number of para-hydroxylation sites is 1. The average Bonchev–Trinajstić information content (AvgIpc) is 3.33. The number of aliphatic hydroxyl groups is 1. The number of halogens is 1. The van der Waals surface area contributed by atoms with Crippen LogP contribution in [-0.2, 0) is 4.74 Å². The molecule has 27 heavy (non-hydrogen) atoms. The minimum absolute atomic E-state index is 0.0687. The highest BCUT2D eigenvalue weighted by Gasteiger charge is 2.42. The molecule has 3 atom stereocenters. The van der Waals surface area contributed by atoms with Crippen molar-refractivity contribution in [3.05, 3.63) is 63.8 Å². The van der Waals surface area contributed by atoms with Crippen molar-refractivity contribution < 1.29 is 9.84 Å². The minimum atomic E-state index is -0.147. The molecule has 2 aliphatic rings. The highest BCUT2D eigenvalue weighted by atomic mass is 79.9. The highest BCUT2D eigenvalue weighted by molar-refractivity contribution is 9.10. The number of aromatic amines is 1. The number of hydrogen-bond acceptors (Lipinski definition) is 3. The van der Waals surface area contributed by atoms with E-state index < -0.39 is 0 Å². The maximum atomic E-state index is 9.10. The van der Waals surface area contributed by atoms with Gasteiger partial charge in [0.25, 0.3) is 0 Å². The van der Waals surface area contributed by atoms with Crippen LogP contribution in [0.15, 0.2) is 47.1 Å². The van der Waals surface area contributed by atoms with Crippen molar-refractivity contribution in [1.82, 2.24) is 4.98 Å². The van der Waals surface area contributed by atoms with Gasteiger partial charge in [0.05, 0.1) is 17.8 Å². The van der Waals surface area contributed by atoms with E-state index in [1.54, 1.807) is 0 Å². The van der Waals surface area contributed by atoms with Crippen molar-refractivity contribution in [2.75, 3.05) is 18.5 Å². The lowest BCUT2D eigenvalue weighted by molar-refractivity contribution is 0.0830. The molecule has 0 radical (unpaired) electrons. The van der Waals surface area contributed by atoms with Gasteiger partial charge in [0.15, 0.2) is 0 Å². The van der Waals surface area contributed by atoms with Crippen LogP contribution in [0.25, 0.3) is 10.9 Å². The van der Waals surface area contributed by atoms with Crippen LogP contribution in [0.2, 0.25) is 0 Å². The quantitative estimate of drug-likeness (QED) is 0.505. The van der Waals surface area contributed by atoms with E-state index in [-0.39, 0.29) is 18.8 Å². The average molecular weight is 423 g/mol. The van der Waals surface area contributed by atoms with Crippen molar-refractivity contribution in [3.63, 3.8) is 0 Å². The predicted molar refractivity (Wildman–Crippen MR) is 110 cm³/mol. The summed E-state index contributed by atoms with van der Waals surface area (Å²) in [5, 5.41) is 14.1. The van der Waals surface area contributed by atoms with Gasteiger partial charge < -0.3 is 20.1 Å². The van der Waals surface area contributed by atoms with E-state index in [4.69, 9.17) is 9.84 Å². The Morgan fingerprint density at radius 1 is 1.22 bits per heavy atom. The zero-order chi connectivity index (χ0) is 18.4. The molecule has 3 heterocycles. The third-order valence-corrected chi connectivity index (χ3v) is 6.07. The van der Waals surface area contributed by atoms with Gasteiger partial charge in [-0.3, -0.25) is 0 Å². The Bertz CT molecular complexity index is 1080. The van der Waals surface area contributed by atoms with Gasteiger partial charge in [0.2, 0.25) is 0 Å². The zero-order valence-electron chi connectivity index (χ0n) is 14.6. The fourth-order valence-corrected chi connectivity index (χ4v) is 4.78. The largest absolute Gasteiger partial charge is 0.384 e. The molecule has 5 heteroatoms. The number of anilines is 1. The van der Waals surface area contributed by atoms with Crippen LogP contribution in [0.4, 0.5) is 5.69 Å². The molecule has 0 spiro atoms. The Labute approximate surface area is 166 Å². The molecule has 4 nitrogen and oxygen atoms in total. The lowest BCUT2D eigenvalue weighted by atomic mass is 9.80. The molecule has 1 aromatic heterocycles. The van der Waals surface area contributed by atoms with E-state index in [1.807, 2.05) is 12.1 Å². The van der Waals surface area contributed by atoms with Crippen molar-refractivity contribution in [2.45, 2.75) is 18.6 Å². The molecular weight excluding hydrogens is 404 g/mol. The summed E-state index contributed by atoms with van der Waals surface area (Å²) in [4.78, 5) is 3.40. The molecule has 2 aromatic carbocycles. The molecule has 136 valence electrons. The first-order valence-corrected chi connectivity index (χ1v) is 9.93. The summed E-state index contributed by atoms with van der Waals surface area (Å²) in [7, 11) is 0. The zero-order valence-corrected chi connectivity index (χ0v) is 16.2. The molecule has 0 aliphatic carbocycles. The molecule has 1 fully saturated rings. The summed E-state index contributed by atoms with van der Waals surface area (Å²) in [6.07, 6.45) is 3.20. The summed E-state index contributed by atoms with van der Waals surface area (Å²) >= 11 is 3.60. The van der Waals surface area contributed by atoms with Crippen molar-refractivity contribution in [1.29, 1.82) is 0 Å². The number of benzene rings is 2. The first-order valence-electron chi connectivity index (χ1n) is 9.13. The Balaban J connectivity index is 1.66. The topological polar surface area (TPSA) is 57.3 Å². The number of ether oxygens (including phenoxy) is 1. The third-order valence-electron chi connectivity index (χ3n) is 5.58. The number of H-pyrrole nitrogens is 1. The molecule has 5 rings (SSSR count). The number of aromatic nitrogens is 1. The smallest absolute Gasteiger partial charge is 0.104 e. The standard InChI is InChI=1S/C22H19BrN2O2/c23-14-6-7-19-17(11-14)18(12-24-19)21-16-8-10-27-22(16)15-5-1-3-13(4-2-9-26)20(15)25-21/h1,3,5-7,11-12,16,21-22,24-26H,8-10H2. The van der Waals surface area contributed by atoms with Crippen LogP contribution in [0, 0.1) is 17.8 Å². The van der Waals surface area contributed by atoms with Crippen molar-refractivity contribution in [3.8, 4) is 11.8 Å². The maximum Gasteiger partial charge on any atom is 0.104 e. The molecule has 0 saturated carbocycles. The van der Waals surface area contributed by atoms with Crippen LogP contribution in [-0.4, -0.2) is 23.3 Å². The summed E-state index contributed by atoms with van der Waals surface area (Å²) in [6.45, 7) is 0.623. The fraction of sp³-hybridized carbons (Fsp3) is 0.273. The molecule has 3 aromatic rings. The van der Waals surface area contributed by atoms with E-state index in [1.165, 1.54) is 16.5 Å². The number of hydrogen-bond donors (Lipinski definition) is 3. The number of aliphatic hydroxyl groups excluding tert-OH is 1. The van der Waals surface area contributed by atoms with Gasteiger partial charge in [-0.05, 0) is 30.7 Å². The monoisotopic (exact) mass is 422 g/mol. The van der Waals surface area contributed by atoms with E-state index in [2.05, 4.69) is 68.5 Å². The molecular formula is C22H19BrN2O2. The number of fused-ring (bicyclic) bond motifs is 4. The normalized spacial score (nSPS) is 23.3. The van der Waals surface area contributed by atoms with Crippen LogP contribution < -0.4 is 5.32 Å². The lowest BCUT2D eigenvalue weighted by Crippen LogP contribution is -2.29. The summed E-state index contributed by atoms with van der Waals surface area (Å²) in [5.41, 5.74) is 5.48. The Hall–Kier alpha value is -2.26. The summed E-state index contributed by atoms with van der Waals surface area (Å²) in [5.74, 6) is 6.23. The third kappa shape index (κ3) is 2.76. The van der Waals surface area contributed by atoms with Crippen LogP contribution >= 0.6 is 15.9 Å². The van der Waals surface area contributed by atoms with Crippen molar-refractivity contribution in [2.24, 2.45) is 5.92 Å². The minimum Gasteiger partial charge on any atom is -0.384 e. The van der Waals surface area contributed by atoms with Crippen LogP contribution in [0.1, 0.15) is 35.3 Å². The number of rotatable bonds is 1. The van der Waals surface area contributed by atoms with Gasteiger partial charge >= 0.3 is 0 Å². The molecule has 3 unspecified atom stereocenters. The maximum absolute atomic E-state index is 9.10. The van der Waals surface area contributed by atoms with E-state index in [9.17, 15) is 0 Å². The Kier molecular flexibility index (Phi) is 4.20. The molecule has 0 amide bonds. The Morgan fingerprint density at radius 3 is 3.04 bits per heavy atom. The van der Waals surface area contributed by atoms with Gasteiger partial charge in [-0.1, -0.05) is 39.9 Å². The van der Waals surface area contributed by atoms with Crippen LogP contribution in [0.5, 0.6) is 0 Å². The summed E-state index contributed by atoms with van der Waals surface area (Å²) < 4.78 is 7.22. The van der Waals surface area contributed by atoms with E-state index in [0.717, 1.165) is 34.3 Å². The van der Waals surface area contributed by atoms with E-state index in [0.29, 0.717) is 5.92 Å². The Morgan fingerprint density at radius 2 is 2.15 bits per heavy atom. The highest BCUT2D eigenvalue weighted by Crippen LogP contribution is 2.51. The van der Waals surface area contributed by atoms with Gasteiger partial charge in [-0.15, -0.1) is 0 Å². The first kappa shape index (κ1) is 16.9. The lowest BCUT2D eigenvalue weighted by Gasteiger charge is -2.36. The van der Waals surface area contributed by atoms with Gasteiger partial charge in [0.1, 0.15) is 6.61 Å². The molecule has 2 aliphatic heterocycles. The van der Waals surface area contributed by atoms with Gasteiger partial charge in [-0.2, -0.15) is 0 Å². The predicted octanol–water partition coefficient (Wildman–Crippen LogP) is 4.52. The van der Waals surface area contributed by atoms with Gasteiger partial charge in [-0.25, -0.2) is 0 Å². The number of nitrogens with one attached hydrogen (secondary N) is 2. The summed E-state index contributed by atoms with van der Waals surface area (Å²) in [6, 6.07) is 12.6.